The Morgan fingerprint density at radius 1 is 1.35 bits per heavy atom. The van der Waals surface area contributed by atoms with E-state index >= 15 is 0 Å². The Kier molecular flexibility index (Phi) is 4.72. The van der Waals surface area contributed by atoms with Crippen LogP contribution >= 0.6 is 11.6 Å². The third-order valence-electron chi connectivity index (χ3n) is 3.90. The zero-order valence-corrected chi connectivity index (χ0v) is 13.6. The van der Waals surface area contributed by atoms with Crippen molar-refractivity contribution in [1.82, 2.24) is 5.32 Å². The van der Waals surface area contributed by atoms with Crippen LogP contribution in [0.1, 0.15) is 11.1 Å². The van der Waals surface area contributed by atoms with E-state index < -0.39 is 0 Å². The Morgan fingerprint density at radius 3 is 3.00 bits per heavy atom. The van der Waals surface area contributed by atoms with E-state index in [0.717, 1.165) is 22.6 Å². The molecule has 1 aliphatic rings. The summed E-state index contributed by atoms with van der Waals surface area (Å²) in [4.78, 5) is 12.4. The molecule has 120 valence electrons. The van der Waals surface area contributed by atoms with Gasteiger partial charge in [-0.05, 0) is 47.9 Å². The highest BCUT2D eigenvalue weighted by Crippen LogP contribution is 2.30. The summed E-state index contributed by atoms with van der Waals surface area (Å²) in [7, 11) is 1.63. The fraction of sp³-hybridized carbons (Fsp3) is 0.278. The Bertz CT molecular complexity index is 717. The topological polar surface area (TPSA) is 47.6 Å². The zero-order valence-electron chi connectivity index (χ0n) is 12.8. The van der Waals surface area contributed by atoms with E-state index in [1.165, 1.54) is 0 Å². The number of hydrogen-bond acceptors (Lipinski definition) is 3. The summed E-state index contributed by atoms with van der Waals surface area (Å²) < 4.78 is 10.9. The van der Waals surface area contributed by atoms with Crippen LogP contribution < -0.4 is 14.8 Å². The first-order valence-electron chi connectivity index (χ1n) is 7.47. The van der Waals surface area contributed by atoms with Crippen molar-refractivity contribution in [3.8, 4) is 11.5 Å². The zero-order chi connectivity index (χ0) is 16.2. The monoisotopic (exact) mass is 331 g/mol. The summed E-state index contributed by atoms with van der Waals surface area (Å²) in [5.41, 5.74) is 1.98. The van der Waals surface area contributed by atoms with Gasteiger partial charge in [0.25, 0.3) is 0 Å². The number of carbonyl (C=O) groups excluding carboxylic acids is 1. The maximum atomic E-state index is 12.4. The van der Waals surface area contributed by atoms with Crippen LogP contribution in [-0.2, 0) is 17.8 Å². The first kappa shape index (κ1) is 15.7. The third-order valence-corrected chi connectivity index (χ3v) is 4.14. The fourth-order valence-corrected chi connectivity index (χ4v) is 2.86. The predicted molar refractivity (Wildman–Crippen MR) is 89.0 cm³/mol. The van der Waals surface area contributed by atoms with Gasteiger partial charge in [0.15, 0.2) is 0 Å². The van der Waals surface area contributed by atoms with Crippen molar-refractivity contribution in [1.29, 1.82) is 0 Å². The second kappa shape index (κ2) is 6.92. The van der Waals surface area contributed by atoms with Crippen molar-refractivity contribution in [3.05, 3.63) is 58.6 Å². The number of hydrogen-bond donors (Lipinski definition) is 1. The molecule has 0 bridgehead atoms. The van der Waals surface area contributed by atoms with Crippen molar-refractivity contribution in [2.75, 3.05) is 13.7 Å². The Hall–Kier alpha value is -2.20. The fourth-order valence-electron chi connectivity index (χ4n) is 2.65. The lowest BCUT2D eigenvalue weighted by atomic mass is 9.95. The maximum absolute atomic E-state index is 12.4. The molecule has 5 heteroatoms. The molecule has 1 unspecified atom stereocenters. The highest BCUT2D eigenvalue weighted by molar-refractivity contribution is 6.30. The molecule has 4 nitrogen and oxygen atoms in total. The maximum Gasteiger partial charge on any atom is 0.227 e. The molecule has 0 saturated carbocycles. The lowest BCUT2D eigenvalue weighted by Gasteiger charge is -2.25. The molecule has 0 saturated heterocycles. The molecule has 2 aromatic carbocycles. The minimum atomic E-state index is -0.200. The normalized spacial score (nSPS) is 16.2. The van der Waals surface area contributed by atoms with E-state index in [4.69, 9.17) is 21.1 Å². The van der Waals surface area contributed by atoms with E-state index in [1.807, 2.05) is 42.5 Å². The number of halogens is 1. The van der Waals surface area contributed by atoms with Gasteiger partial charge in [0.05, 0.1) is 13.0 Å². The van der Waals surface area contributed by atoms with Crippen molar-refractivity contribution in [2.24, 2.45) is 5.92 Å². The molecule has 0 aliphatic carbocycles. The molecule has 0 spiro atoms. The predicted octanol–water partition coefficient (Wildman–Crippen LogP) is 3.22. The summed E-state index contributed by atoms with van der Waals surface area (Å²) >= 11 is 5.95. The van der Waals surface area contributed by atoms with E-state index in [-0.39, 0.29) is 11.8 Å². The second-order valence-electron chi connectivity index (χ2n) is 5.53. The molecular formula is C18H18ClNO3. The van der Waals surface area contributed by atoms with Crippen LogP contribution in [0.5, 0.6) is 11.5 Å². The largest absolute Gasteiger partial charge is 0.497 e. The smallest absolute Gasteiger partial charge is 0.227 e. The molecular weight excluding hydrogens is 314 g/mol. The summed E-state index contributed by atoms with van der Waals surface area (Å²) in [5, 5.41) is 3.61. The van der Waals surface area contributed by atoms with Gasteiger partial charge in [-0.2, -0.15) is 0 Å². The number of rotatable bonds is 4. The van der Waals surface area contributed by atoms with Crippen molar-refractivity contribution >= 4 is 17.5 Å². The summed E-state index contributed by atoms with van der Waals surface area (Å²) in [5.74, 6) is 1.38. The van der Waals surface area contributed by atoms with Gasteiger partial charge in [0, 0.05) is 11.6 Å². The molecule has 3 rings (SSSR count). The molecule has 0 fully saturated rings. The minimum absolute atomic E-state index is 0.0153. The third kappa shape index (κ3) is 3.77. The summed E-state index contributed by atoms with van der Waals surface area (Å²) in [6.07, 6.45) is 0.647. The first-order valence-corrected chi connectivity index (χ1v) is 7.85. The van der Waals surface area contributed by atoms with Gasteiger partial charge in [-0.25, -0.2) is 0 Å². The van der Waals surface area contributed by atoms with Crippen LogP contribution in [0.15, 0.2) is 42.5 Å². The molecule has 1 heterocycles. The first-order chi connectivity index (χ1) is 11.2. The number of carbonyl (C=O) groups is 1. The lowest BCUT2D eigenvalue weighted by Crippen LogP contribution is -2.37. The van der Waals surface area contributed by atoms with E-state index in [9.17, 15) is 4.79 Å². The van der Waals surface area contributed by atoms with Crippen molar-refractivity contribution in [3.63, 3.8) is 0 Å². The second-order valence-corrected chi connectivity index (χ2v) is 5.97. The molecule has 1 N–H and O–H groups in total. The Labute approximate surface area is 140 Å². The summed E-state index contributed by atoms with van der Waals surface area (Å²) in [6, 6.07) is 13.1. The molecule has 1 amide bonds. The number of amides is 1. The summed E-state index contributed by atoms with van der Waals surface area (Å²) in [6.45, 7) is 0.849. The van der Waals surface area contributed by atoms with Crippen LogP contribution in [0.2, 0.25) is 5.02 Å². The van der Waals surface area contributed by atoms with Gasteiger partial charge in [-0.3, -0.25) is 4.79 Å². The molecule has 1 aliphatic heterocycles. The van der Waals surface area contributed by atoms with Crippen molar-refractivity contribution < 1.29 is 14.3 Å². The minimum Gasteiger partial charge on any atom is -0.497 e. The number of methoxy groups -OCH3 is 1. The number of ether oxygens (including phenoxy) is 2. The quantitative estimate of drug-likeness (QED) is 0.935. The number of fused-ring (bicyclic) bond motifs is 1. The lowest BCUT2D eigenvalue weighted by molar-refractivity contribution is -0.126. The van der Waals surface area contributed by atoms with Gasteiger partial charge in [-0.15, -0.1) is 0 Å². The molecule has 0 radical (unpaired) electrons. The molecule has 1 atom stereocenters. The highest BCUT2D eigenvalue weighted by Gasteiger charge is 2.26. The van der Waals surface area contributed by atoms with Crippen LogP contribution in [-0.4, -0.2) is 19.6 Å². The highest BCUT2D eigenvalue weighted by atomic mass is 35.5. The van der Waals surface area contributed by atoms with Crippen LogP contribution in [0.25, 0.3) is 0 Å². The van der Waals surface area contributed by atoms with Crippen molar-refractivity contribution in [2.45, 2.75) is 13.0 Å². The molecule has 0 aromatic heterocycles. The van der Waals surface area contributed by atoms with E-state index in [0.29, 0.717) is 24.6 Å². The van der Waals surface area contributed by atoms with Gasteiger partial charge in [0.2, 0.25) is 5.91 Å². The average Bonchev–Trinajstić information content (AvgIpc) is 2.58. The number of benzene rings is 2. The molecule has 2 aromatic rings. The SMILES string of the molecule is COc1ccc2c(c1)CC(C(=O)NCc1cccc(Cl)c1)CO2. The van der Waals surface area contributed by atoms with E-state index in [2.05, 4.69) is 5.32 Å². The van der Waals surface area contributed by atoms with Crippen LogP contribution in [0, 0.1) is 5.92 Å². The Balaban J connectivity index is 1.62. The van der Waals surface area contributed by atoms with Gasteiger partial charge in [0.1, 0.15) is 18.1 Å². The Morgan fingerprint density at radius 2 is 2.22 bits per heavy atom. The number of nitrogens with one attached hydrogen (secondary N) is 1. The van der Waals surface area contributed by atoms with Crippen LogP contribution in [0.3, 0.4) is 0 Å². The van der Waals surface area contributed by atoms with Gasteiger partial charge >= 0.3 is 0 Å². The standard InChI is InChI=1S/C18H18ClNO3/c1-22-16-5-6-17-13(9-16)8-14(11-23-17)18(21)20-10-12-3-2-4-15(19)7-12/h2-7,9,14H,8,10-11H2,1H3,(H,20,21). The van der Waals surface area contributed by atoms with Crippen LogP contribution in [0.4, 0.5) is 0 Å². The van der Waals surface area contributed by atoms with Gasteiger partial charge < -0.3 is 14.8 Å². The average molecular weight is 332 g/mol. The molecule has 23 heavy (non-hydrogen) atoms. The van der Waals surface area contributed by atoms with E-state index in [1.54, 1.807) is 7.11 Å². The van der Waals surface area contributed by atoms with Gasteiger partial charge in [-0.1, -0.05) is 23.7 Å².